The number of amides is 1. The van der Waals surface area contributed by atoms with Crippen LogP contribution in [0.2, 0.25) is 0 Å². The first-order chi connectivity index (χ1) is 10.7. The molecule has 2 aromatic rings. The Balaban J connectivity index is 1.63. The first kappa shape index (κ1) is 15.1. The van der Waals surface area contributed by atoms with Crippen LogP contribution in [-0.4, -0.2) is 23.3 Å². The van der Waals surface area contributed by atoms with Gasteiger partial charge in [-0.25, -0.2) is 4.39 Å². The van der Waals surface area contributed by atoms with Crippen molar-refractivity contribution in [2.24, 2.45) is 0 Å². The van der Waals surface area contributed by atoms with E-state index in [4.69, 9.17) is 0 Å². The summed E-state index contributed by atoms with van der Waals surface area (Å²) >= 11 is 1.65. The molecule has 114 valence electrons. The molecule has 2 aromatic carbocycles. The number of nitrogens with one attached hydrogen (secondary N) is 1. The highest BCUT2D eigenvalue weighted by Gasteiger charge is 2.29. The molecule has 0 saturated heterocycles. The highest BCUT2D eigenvalue weighted by atomic mass is 32.2. The van der Waals surface area contributed by atoms with Gasteiger partial charge in [-0.05, 0) is 17.7 Å². The molecule has 3 nitrogen and oxygen atoms in total. The van der Waals surface area contributed by atoms with Gasteiger partial charge in [0.1, 0.15) is 5.82 Å². The molecule has 2 N–H and O–H groups in total. The second kappa shape index (κ2) is 6.50. The SMILES string of the molecule is O=C(NCC(O)c1ccccc1F)C1CSc2ccccc21. The number of benzene rings is 2. The third-order valence-electron chi connectivity index (χ3n) is 3.75. The van der Waals surface area contributed by atoms with Gasteiger partial charge in [0.2, 0.25) is 5.91 Å². The van der Waals surface area contributed by atoms with Gasteiger partial charge in [0.25, 0.3) is 0 Å². The van der Waals surface area contributed by atoms with Crippen molar-refractivity contribution in [3.63, 3.8) is 0 Å². The summed E-state index contributed by atoms with van der Waals surface area (Å²) in [5.74, 6) is -0.117. The van der Waals surface area contributed by atoms with E-state index in [0.717, 1.165) is 10.5 Å². The van der Waals surface area contributed by atoms with Crippen molar-refractivity contribution in [1.82, 2.24) is 5.32 Å². The van der Waals surface area contributed by atoms with Crippen molar-refractivity contribution in [3.8, 4) is 0 Å². The molecule has 0 saturated carbocycles. The molecule has 1 aliphatic heterocycles. The van der Waals surface area contributed by atoms with Crippen LogP contribution in [-0.2, 0) is 4.79 Å². The minimum atomic E-state index is -1.05. The van der Waals surface area contributed by atoms with E-state index < -0.39 is 11.9 Å². The standard InChI is InChI=1S/C17H16FNO2S/c18-14-7-3-1-6-12(14)15(20)9-19-17(21)13-10-22-16-8-4-2-5-11(13)16/h1-8,13,15,20H,9-10H2,(H,19,21). The predicted octanol–water partition coefficient (Wildman–Crippen LogP) is 2.86. The first-order valence-corrected chi connectivity index (χ1v) is 8.07. The average molecular weight is 317 g/mol. The zero-order valence-corrected chi connectivity index (χ0v) is 12.6. The molecule has 2 atom stereocenters. The van der Waals surface area contributed by atoms with Gasteiger partial charge in [-0.1, -0.05) is 36.4 Å². The Morgan fingerprint density at radius 1 is 1.27 bits per heavy atom. The molecule has 1 aliphatic rings. The summed E-state index contributed by atoms with van der Waals surface area (Å²) in [7, 11) is 0. The molecule has 0 spiro atoms. The van der Waals surface area contributed by atoms with Crippen LogP contribution in [0.15, 0.2) is 53.4 Å². The Morgan fingerprint density at radius 2 is 2.00 bits per heavy atom. The fourth-order valence-electron chi connectivity index (χ4n) is 2.56. The molecule has 1 heterocycles. The minimum absolute atomic E-state index is 0.00308. The van der Waals surface area contributed by atoms with Gasteiger partial charge in [-0.15, -0.1) is 11.8 Å². The predicted molar refractivity (Wildman–Crippen MR) is 84.3 cm³/mol. The van der Waals surface area contributed by atoms with E-state index in [9.17, 15) is 14.3 Å². The molecule has 0 aliphatic carbocycles. The average Bonchev–Trinajstić information content (AvgIpc) is 2.97. The van der Waals surface area contributed by atoms with Crippen LogP contribution >= 0.6 is 11.8 Å². The van der Waals surface area contributed by atoms with Crippen LogP contribution in [0.3, 0.4) is 0 Å². The van der Waals surface area contributed by atoms with Crippen molar-refractivity contribution in [3.05, 3.63) is 65.5 Å². The number of hydrogen-bond acceptors (Lipinski definition) is 3. The molecular weight excluding hydrogens is 301 g/mol. The summed E-state index contributed by atoms with van der Waals surface area (Å²) in [6, 6.07) is 13.9. The number of rotatable bonds is 4. The molecule has 0 bridgehead atoms. The number of aliphatic hydroxyl groups excluding tert-OH is 1. The number of aliphatic hydroxyl groups is 1. The number of halogens is 1. The van der Waals surface area contributed by atoms with E-state index in [0.29, 0.717) is 5.75 Å². The summed E-state index contributed by atoms with van der Waals surface area (Å²) in [4.78, 5) is 13.4. The highest BCUT2D eigenvalue weighted by molar-refractivity contribution is 7.99. The van der Waals surface area contributed by atoms with Crippen LogP contribution in [0, 0.1) is 5.82 Å². The maximum atomic E-state index is 13.6. The molecule has 22 heavy (non-hydrogen) atoms. The third-order valence-corrected chi connectivity index (χ3v) is 4.93. The lowest BCUT2D eigenvalue weighted by molar-refractivity contribution is -0.122. The quantitative estimate of drug-likeness (QED) is 0.911. The van der Waals surface area contributed by atoms with E-state index >= 15 is 0 Å². The Hall–Kier alpha value is -1.85. The molecule has 5 heteroatoms. The van der Waals surface area contributed by atoms with E-state index in [2.05, 4.69) is 5.32 Å². The Kier molecular flexibility index (Phi) is 4.45. The van der Waals surface area contributed by atoms with E-state index in [1.54, 1.807) is 23.9 Å². The van der Waals surface area contributed by atoms with Gasteiger partial charge >= 0.3 is 0 Å². The highest BCUT2D eigenvalue weighted by Crippen LogP contribution is 2.39. The normalized spacial score (nSPS) is 17.8. The van der Waals surface area contributed by atoms with E-state index in [1.165, 1.54) is 12.1 Å². The van der Waals surface area contributed by atoms with Gasteiger partial charge < -0.3 is 10.4 Å². The molecular formula is C17H16FNO2S. The van der Waals surface area contributed by atoms with Crippen molar-refractivity contribution in [2.75, 3.05) is 12.3 Å². The number of hydrogen-bond donors (Lipinski definition) is 2. The summed E-state index contributed by atoms with van der Waals surface area (Å²) in [5.41, 5.74) is 1.22. The third kappa shape index (κ3) is 3.00. The van der Waals surface area contributed by atoms with Crippen molar-refractivity contribution in [2.45, 2.75) is 16.9 Å². The summed E-state index contributed by atoms with van der Waals surface area (Å²) in [6.45, 7) is 0.00308. The van der Waals surface area contributed by atoms with Crippen LogP contribution in [0.5, 0.6) is 0 Å². The molecule has 3 rings (SSSR count). The van der Waals surface area contributed by atoms with Crippen LogP contribution in [0.4, 0.5) is 4.39 Å². The Bertz CT molecular complexity index is 692. The second-order valence-electron chi connectivity index (χ2n) is 5.18. The fourth-order valence-corrected chi connectivity index (χ4v) is 3.78. The number of carbonyl (C=O) groups excluding carboxylic acids is 1. The summed E-state index contributed by atoms with van der Waals surface area (Å²) in [5, 5.41) is 12.8. The summed E-state index contributed by atoms with van der Waals surface area (Å²) < 4.78 is 13.6. The first-order valence-electron chi connectivity index (χ1n) is 7.08. The van der Waals surface area contributed by atoms with Gasteiger partial charge in [-0.3, -0.25) is 4.79 Å². The maximum Gasteiger partial charge on any atom is 0.228 e. The fraction of sp³-hybridized carbons (Fsp3) is 0.235. The van der Waals surface area contributed by atoms with E-state index in [-0.39, 0.29) is 23.9 Å². The van der Waals surface area contributed by atoms with Crippen LogP contribution < -0.4 is 5.32 Å². The molecule has 1 amide bonds. The number of thioether (sulfide) groups is 1. The monoisotopic (exact) mass is 317 g/mol. The minimum Gasteiger partial charge on any atom is -0.386 e. The number of carbonyl (C=O) groups is 1. The Morgan fingerprint density at radius 3 is 2.82 bits per heavy atom. The largest absolute Gasteiger partial charge is 0.386 e. The lowest BCUT2D eigenvalue weighted by Gasteiger charge is -2.15. The summed E-state index contributed by atoms with van der Waals surface area (Å²) in [6.07, 6.45) is -1.05. The van der Waals surface area contributed by atoms with Crippen molar-refractivity contribution >= 4 is 17.7 Å². The van der Waals surface area contributed by atoms with Gasteiger partial charge in [0.05, 0.1) is 12.0 Å². The van der Waals surface area contributed by atoms with Gasteiger partial charge in [-0.2, -0.15) is 0 Å². The molecule has 0 fully saturated rings. The van der Waals surface area contributed by atoms with E-state index in [1.807, 2.05) is 24.3 Å². The van der Waals surface area contributed by atoms with Crippen LogP contribution in [0.1, 0.15) is 23.1 Å². The van der Waals surface area contributed by atoms with Crippen molar-refractivity contribution in [1.29, 1.82) is 0 Å². The zero-order valence-electron chi connectivity index (χ0n) is 11.8. The maximum absolute atomic E-state index is 13.6. The second-order valence-corrected chi connectivity index (χ2v) is 6.25. The molecule has 0 aromatic heterocycles. The van der Waals surface area contributed by atoms with Crippen molar-refractivity contribution < 1.29 is 14.3 Å². The van der Waals surface area contributed by atoms with Crippen LogP contribution in [0.25, 0.3) is 0 Å². The molecule has 2 unspecified atom stereocenters. The lowest BCUT2D eigenvalue weighted by atomic mass is 10.0. The lowest BCUT2D eigenvalue weighted by Crippen LogP contribution is -2.33. The van der Waals surface area contributed by atoms with Gasteiger partial charge in [0.15, 0.2) is 0 Å². The molecule has 0 radical (unpaired) electrons. The van der Waals surface area contributed by atoms with Gasteiger partial charge in [0, 0.05) is 22.8 Å². The smallest absolute Gasteiger partial charge is 0.228 e. The zero-order chi connectivity index (χ0) is 15.5. The topological polar surface area (TPSA) is 49.3 Å². The Labute approximate surface area is 132 Å². The number of fused-ring (bicyclic) bond motifs is 1.